The number of benzene rings is 1. The lowest BCUT2D eigenvalue weighted by molar-refractivity contribution is -0.150. The molecule has 1 saturated heterocycles. The molecule has 0 aromatic heterocycles. The number of rotatable bonds is 8. The van der Waals surface area contributed by atoms with E-state index in [0.717, 1.165) is 38.4 Å². The molecule has 0 unspecified atom stereocenters. The van der Waals surface area contributed by atoms with Crippen molar-refractivity contribution in [3.8, 4) is 11.5 Å². The van der Waals surface area contributed by atoms with Gasteiger partial charge in [0, 0.05) is 18.4 Å². The van der Waals surface area contributed by atoms with Gasteiger partial charge in [-0.05, 0) is 30.7 Å². The third-order valence-electron chi connectivity index (χ3n) is 3.51. The first-order valence-corrected chi connectivity index (χ1v) is 6.81. The first-order chi connectivity index (χ1) is 9.24. The molecule has 0 bridgehead atoms. The molecule has 106 valence electrons. The zero-order valence-electron chi connectivity index (χ0n) is 11.4. The summed E-state index contributed by atoms with van der Waals surface area (Å²) in [5.41, 5.74) is 0.262. The minimum absolute atomic E-state index is 0.253. The summed E-state index contributed by atoms with van der Waals surface area (Å²) in [7, 11) is 0. The van der Waals surface area contributed by atoms with Gasteiger partial charge in [0.25, 0.3) is 0 Å². The molecular formula is C15H22O4. The van der Waals surface area contributed by atoms with Gasteiger partial charge < -0.3 is 19.3 Å². The highest BCUT2D eigenvalue weighted by atomic mass is 16.5. The van der Waals surface area contributed by atoms with Gasteiger partial charge in [-0.1, -0.05) is 6.92 Å². The van der Waals surface area contributed by atoms with Crippen LogP contribution in [0.4, 0.5) is 0 Å². The van der Waals surface area contributed by atoms with Crippen LogP contribution in [0.25, 0.3) is 0 Å². The Morgan fingerprint density at radius 3 is 2.53 bits per heavy atom. The number of hydrogen-bond donors (Lipinski definition) is 1. The molecule has 1 aliphatic heterocycles. The predicted molar refractivity (Wildman–Crippen MR) is 72.6 cm³/mol. The number of hydrogen-bond acceptors (Lipinski definition) is 4. The molecule has 0 spiro atoms. The Bertz CT molecular complexity index is 365. The third kappa shape index (κ3) is 4.11. The number of ether oxygens (including phenoxy) is 3. The van der Waals surface area contributed by atoms with Crippen molar-refractivity contribution in [2.45, 2.75) is 19.8 Å². The lowest BCUT2D eigenvalue weighted by Crippen LogP contribution is -2.45. The van der Waals surface area contributed by atoms with E-state index in [9.17, 15) is 0 Å². The molecule has 0 amide bonds. The lowest BCUT2D eigenvalue weighted by Gasteiger charge is -2.40. The van der Waals surface area contributed by atoms with Crippen LogP contribution in [0.2, 0.25) is 0 Å². The Morgan fingerprint density at radius 1 is 1.21 bits per heavy atom. The zero-order valence-corrected chi connectivity index (χ0v) is 11.4. The molecule has 0 aliphatic carbocycles. The summed E-state index contributed by atoms with van der Waals surface area (Å²) in [5.74, 6) is 1.03. The summed E-state index contributed by atoms with van der Waals surface area (Å²) >= 11 is 0. The minimum Gasteiger partial charge on any atom is -0.508 e. The van der Waals surface area contributed by atoms with Crippen molar-refractivity contribution in [1.82, 2.24) is 0 Å². The number of phenolic OH excluding ortho intramolecular Hbond substituents is 1. The highest BCUT2D eigenvalue weighted by Gasteiger charge is 2.36. The van der Waals surface area contributed by atoms with Crippen molar-refractivity contribution in [2.24, 2.45) is 5.41 Å². The van der Waals surface area contributed by atoms with E-state index in [2.05, 4.69) is 6.92 Å². The van der Waals surface area contributed by atoms with Crippen molar-refractivity contribution >= 4 is 0 Å². The van der Waals surface area contributed by atoms with Crippen molar-refractivity contribution in [2.75, 3.05) is 33.0 Å². The molecule has 1 fully saturated rings. The molecule has 2 rings (SSSR count). The van der Waals surface area contributed by atoms with E-state index in [1.165, 1.54) is 0 Å². The average Bonchev–Trinajstić information content (AvgIpc) is 2.38. The SMILES string of the molecule is CCC1(COCCCOc2ccc(O)cc2)COC1. The van der Waals surface area contributed by atoms with Gasteiger partial charge in [0.1, 0.15) is 11.5 Å². The summed E-state index contributed by atoms with van der Waals surface area (Å²) in [6, 6.07) is 6.75. The van der Waals surface area contributed by atoms with Crippen LogP contribution in [-0.4, -0.2) is 38.1 Å². The molecule has 1 aromatic carbocycles. The van der Waals surface area contributed by atoms with Crippen LogP contribution in [0.5, 0.6) is 11.5 Å². The quantitative estimate of drug-likeness (QED) is 0.735. The molecule has 4 nitrogen and oxygen atoms in total. The van der Waals surface area contributed by atoms with Crippen LogP contribution >= 0.6 is 0 Å². The van der Waals surface area contributed by atoms with Crippen LogP contribution < -0.4 is 4.74 Å². The number of phenols is 1. The minimum atomic E-state index is 0.253. The molecule has 1 aromatic rings. The van der Waals surface area contributed by atoms with Gasteiger partial charge in [-0.2, -0.15) is 0 Å². The Kier molecular flexibility index (Phi) is 5.05. The fourth-order valence-electron chi connectivity index (χ4n) is 1.96. The van der Waals surface area contributed by atoms with E-state index >= 15 is 0 Å². The molecule has 19 heavy (non-hydrogen) atoms. The largest absolute Gasteiger partial charge is 0.508 e. The second-order valence-corrected chi connectivity index (χ2v) is 5.09. The van der Waals surface area contributed by atoms with Crippen LogP contribution in [0.1, 0.15) is 19.8 Å². The Labute approximate surface area is 114 Å². The van der Waals surface area contributed by atoms with E-state index in [-0.39, 0.29) is 11.2 Å². The van der Waals surface area contributed by atoms with Crippen molar-refractivity contribution in [3.63, 3.8) is 0 Å². The Balaban J connectivity index is 1.54. The van der Waals surface area contributed by atoms with Gasteiger partial charge in [-0.15, -0.1) is 0 Å². The molecule has 1 aliphatic rings. The first-order valence-electron chi connectivity index (χ1n) is 6.81. The van der Waals surface area contributed by atoms with Crippen molar-refractivity contribution in [1.29, 1.82) is 0 Å². The lowest BCUT2D eigenvalue weighted by atomic mass is 9.84. The van der Waals surface area contributed by atoms with Gasteiger partial charge in [0.05, 0.1) is 26.4 Å². The van der Waals surface area contributed by atoms with E-state index in [4.69, 9.17) is 19.3 Å². The van der Waals surface area contributed by atoms with Crippen molar-refractivity contribution in [3.05, 3.63) is 24.3 Å². The fourth-order valence-corrected chi connectivity index (χ4v) is 1.96. The van der Waals surface area contributed by atoms with E-state index < -0.39 is 0 Å². The smallest absolute Gasteiger partial charge is 0.119 e. The van der Waals surface area contributed by atoms with E-state index in [0.29, 0.717) is 13.2 Å². The van der Waals surface area contributed by atoms with Crippen LogP contribution in [0.15, 0.2) is 24.3 Å². The fraction of sp³-hybridized carbons (Fsp3) is 0.600. The monoisotopic (exact) mass is 266 g/mol. The molecule has 4 heteroatoms. The topological polar surface area (TPSA) is 47.9 Å². The van der Waals surface area contributed by atoms with Gasteiger partial charge in [0.2, 0.25) is 0 Å². The van der Waals surface area contributed by atoms with Crippen LogP contribution in [0.3, 0.4) is 0 Å². The third-order valence-corrected chi connectivity index (χ3v) is 3.51. The highest BCUT2D eigenvalue weighted by molar-refractivity contribution is 5.29. The molecule has 1 N–H and O–H groups in total. The summed E-state index contributed by atoms with van der Waals surface area (Å²) in [6.07, 6.45) is 1.97. The first kappa shape index (κ1) is 14.2. The summed E-state index contributed by atoms with van der Waals surface area (Å²) in [4.78, 5) is 0. The summed E-state index contributed by atoms with van der Waals surface area (Å²) in [6.45, 7) is 5.95. The van der Waals surface area contributed by atoms with Crippen LogP contribution in [-0.2, 0) is 9.47 Å². The van der Waals surface area contributed by atoms with Crippen molar-refractivity contribution < 1.29 is 19.3 Å². The Hall–Kier alpha value is -1.26. The van der Waals surface area contributed by atoms with Gasteiger partial charge in [0.15, 0.2) is 0 Å². The summed E-state index contributed by atoms with van der Waals surface area (Å²) in [5, 5.41) is 9.14. The number of aromatic hydroxyl groups is 1. The maximum Gasteiger partial charge on any atom is 0.119 e. The normalized spacial score (nSPS) is 16.9. The van der Waals surface area contributed by atoms with Gasteiger partial charge in [-0.25, -0.2) is 0 Å². The Morgan fingerprint density at radius 2 is 1.95 bits per heavy atom. The second kappa shape index (κ2) is 6.78. The molecular weight excluding hydrogens is 244 g/mol. The van der Waals surface area contributed by atoms with E-state index in [1.807, 2.05) is 0 Å². The molecule has 0 saturated carbocycles. The second-order valence-electron chi connectivity index (χ2n) is 5.09. The van der Waals surface area contributed by atoms with Gasteiger partial charge >= 0.3 is 0 Å². The zero-order chi connectivity index (χ0) is 13.6. The maximum atomic E-state index is 9.14. The molecule has 1 heterocycles. The van der Waals surface area contributed by atoms with Crippen LogP contribution in [0, 0.1) is 5.41 Å². The summed E-state index contributed by atoms with van der Waals surface area (Å²) < 4.78 is 16.5. The predicted octanol–water partition coefficient (Wildman–Crippen LogP) is 2.60. The molecule has 0 radical (unpaired) electrons. The maximum absolute atomic E-state index is 9.14. The standard InChI is InChI=1S/C15H22O4/c1-2-15(11-18-12-15)10-17-8-3-9-19-14-6-4-13(16)5-7-14/h4-7,16H,2-3,8-12H2,1H3. The highest BCUT2D eigenvalue weighted by Crippen LogP contribution is 2.31. The van der Waals surface area contributed by atoms with Gasteiger partial charge in [-0.3, -0.25) is 0 Å². The molecule has 0 atom stereocenters. The average molecular weight is 266 g/mol. The van der Waals surface area contributed by atoms with E-state index in [1.54, 1.807) is 24.3 Å².